The first-order valence-electron chi connectivity index (χ1n) is 11.0. The maximum Gasteiger partial charge on any atom is 0.258 e. The number of amides is 1. The molecular weight excluding hydrogens is 434 g/mol. The number of fused-ring (bicyclic) bond motifs is 1. The number of carbonyl (C=O) groups is 1. The Kier molecular flexibility index (Phi) is 6.70. The number of benzene rings is 3. The summed E-state index contributed by atoms with van der Waals surface area (Å²) in [6, 6.07) is 17.3. The van der Waals surface area contributed by atoms with Gasteiger partial charge in [-0.1, -0.05) is 29.8 Å². The normalized spacial score (nSPS) is 11.1. The maximum absolute atomic E-state index is 12.4. The van der Waals surface area contributed by atoms with Gasteiger partial charge < -0.3 is 14.6 Å². The molecule has 0 aliphatic carbocycles. The van der Waals surface area contributed by atoms with Crippen LogP contribution >= 0.6 is 11.6 Å². The van der Waals surface area contributed by atoms with Crippen LogP contribution in [0.3, 0.4) is 0 Å². The Hall–Kier alpha value is -3.31. The lowest BCUT2D eigenvalue weighted by molar-refractivity contribution is -0.123. The van der Waals surface area contributed by atoms with Crippen LogP contribution < -0.4 is 10.1 Å². The first kappa shape index (κ1) is 22.9. The second-order valence-corrected chi connectivity index (χ2v) is 8.80. The lowest BCUT2D eigenvalue weighted by Crippen LogP contribution is -2.29. The third kappa shape index (κ3) is 5.04. The number of imidazole rings is 1. The van der Waals surface area contributed by atoms with E-state index in [4.69, 9.17) is 21.3 Å². The summed E-state index contributed by atoms with van der Waals surface area (Å²) in [5.41, 5.74) is 8.42. The highest BCUT2D eigenvalue weighted by atomic mass is 35.5. The number of aromatic nitrogens is 2. The Morgan fingerprint density at radius 3 is 2.36 bits per heavy atom. The Morgan fingerprint density at radius 1 is 1.00 bits per heavy atom. The fourth-order valence-corrected chi connectivity index (χ4v) is 4.16. The van der Waals surface area contributed by atoms with Crippen LogP contribution in [0.25, 0.3) is 11.0 Å². The molecule has 4 aromatic rings. The molecule has 0 spiro atoms. The standard InChI is InChI=1S/C27H28ClN3O2/c1-17-13-18(2)20(4)23(19(17)3)15-31-25-8-6-5-7-24(25)30-26(31)14-29-27(32)16-33-22-11-9-21(28)10-12-22/h5-13H,14-16H2,1-4H3,(H,29,32). The molecule has 6 heteroatoms. The number of para-hydroxylation sites is 2. The summed E-state index contributed by atoms with van der Waals surface area (Å²) < 4.78 is 7.75. The van der Waals surface area contributed by atoms with E-state index >= 15 is 0 Å². The van der Waals surface area contributed by atoms with Gasteiger partial charge in [0.05, 0.1) is 17.6 Å². The quantitative estimate of drug-likeness (QED) is 0.386. The van der Waals surface area contributed by atoms with Gasteiger partial charge >= 0.3 is 0 Å². The molecule has 0 fully saturated rings. The lowest BCUT2D eigenvalue weighted by atomic mass is 9.94. The molecule has 1 amide bonds. The van der Waals surface area contributed by atoms with E-state index in [9.17, 15) is 4.79 Å². The monoisotopic (exact) mass is 461 g/mol. The summed E-state index contributed by atoms with van der Waals surface area (Å²) in [5.74, 6) is 1.21. The van der Waals surface area contributed by atoms with Gasteiger partial charge in [-0.3, -0.25) is 4.79 Å². The molecule has 1 N–H and O–H groups in total. The second kappa shape index (κ2) is 9.67. The highest BCUT2D eigenvalue weighted by Gasteiger charge is 2.16. The van der Waals surface area contributed by atoms with Crippen LogP contribution in [0, 0.1) is 27.7 Å². The highest BCUT2D eigenvalue weighted by molar-refractivity contribution is 6.30. The van der Waals surface area contributed by atoms with Crippen molar-refractivity contribution < 1.29 is 9.53 Å². The molecule has 0 saturated carbocycles. The van der Waals surface area contributed by atoms with Crippen LogP contribution in [0.4, 0.5) is 0 Å². The van der Waals surface area contributed by atoms with E-state index in [0.717, 1.165) is 16.9 Å². The van der Waals surface area contributed by atoms with E-state index in [1.54, 1.807) is 24.3 Å². The van der Waals surface area contributed by atoms with Crippen LogP contribution in [0.1, 0.15) is 33.6 Å². The summed E-state index contributed by atoms with van der Waals surface area (Å²) in [7, 11) is 0. The van der Waals surface area contributed by atoms with Gasteiger partial charge in [0.25, 0.3) is 5.91 Å². The molecule has 0 unspecified atom stereocenters. The Bertz CT molecular complexity index is 1280. The number of rotatable bonds is 7. The minimum atomic E-state index is -0.206. The van der Waals surface area contributed by atoms with Crippen molar-refractivity contribution in [3.8, 4) is 5.75 Å². The minimum absolute atomic E-state index is 0.0723. The average molecular weight is 462 g/mol. The average Bonchev–Trinajstić information content (AvgIpc) is 3.16. The molecule has 0 aliphatic heterocycles. The Balaban J connectivity index is 1.54. The fourth-order valence-electron chi connectivity index (χ4n) is 4.04. The van der Waals surface area contributed by atoms with Gasteiger partial charge in [0.15, 0.2) is 6.61 Å². The summed E-state index contributed by atoms with van der Waals surface area (Å²) in [6.07, 6.45) is 0. The van der Waals surface area contributed by atoms with E-state index in [2.05, 4.69) is 49.7 Å². The number of halogens is 1. The van der Waals surface area contributed by atoms with Gasteiger partial charge in [-0.15, -0.1) is 0 Å². The fraction of sp³-hybridized carbons (Fsp3) is 0.259. The number of nitrogens with one attached hydrogen (secondary N) is 1. The van der Waals surface area contributed by atoms with E-state index < -0.39 is 0 Å². The molecule has 1 heterocycles. The Labute approximate surface area is 199 Å². The zero-order valence-electron chi connectivity index (χ0n) is 19.4. The van der Waals surface area contributed by atoms with Crippen LogP contribution in [0.2, 0.25) is 5.02 Å². The molecule has 0 saturated heterocycles. The van der Waals surface area contributed by atoms with Crippen molar-refractivity contribution in [1.29, 1.82) is 0 Å². The number of hydrogen-bond donors (Lipinski definition) is 1. The molecule has 0 bridgehead atoms. The molecule has 0 atom stereocenters. The first-order valence-corrected chi connectivity index (χ1v) is 11.4. The van der Waals surface area contributed by atoms with Gasteiger partial charge in [0, 0.05) is 11.6 Å². The lowest BCUT2D eigenvalue weighted by Gasteiger charge is -2.18. The number of nitrogens with zero attached hydrogens (tertiary/aromatic N) is 2. The van der Waals surface area contributed by atoms with Gasteiger partial charge in [-0.25, -0.2) is 4.98 Å². The van der Waals surface area contributed by atoms with Gasteiger partial charge in [-0.05, 0) is 91.9 Å². The molecule has 170 valence electrons. The summed E-state index contributed by atoms with van der Waals surface area (Å²) in [5, 5.41) is 3.57. The van der Waals surface area contributed by atoms with E-state index in [1.807, 2.05) is 18.2 Å². The molecular formula is C27H28ClN3O2. The zero-order valence-corrected chi connectivity index (χ0v) is 20.2. The topological polar surface area (TPSA) is 56.2 Å². The van der Waals surface area contributed by atoms with Crippen molar-refractivity contribution in [2.45, 2.75) is 40.8 Å². The van der Waals surface area contributed by atoms with Crippen molar-refractivity contribution in [3.05, 3.63) is 93.3 Å². The van der Waals surface area contributed by atoms with Crippen molar-refractivity contribution in [1.82, 2.24) is 14.9 Å². The zero-order chi connectivity index (χ0) is 23.5. The number of ether oxygens (including phenoxy) is 1. The van der Waals surface area contributed by atoms with E-state index in [0.29, 0.717) is 23.9 Å². The van der Waals surface area contributed by atoms with Gasteiger partial charge in [0.2, 0.25) is 0 Å². The van der Waals surface area contributed by atoms with Crippen molar-refractivity contribution in [2.24, 2.45) is 0 Å². The predicted octanol–water partition coefficient (Wildman–Crippen LogP) is 5.67. The van der Waals surface area contributed by atoms with Crippen LogP contribution in [-0.4, -0.2) is 22.1 Å². The number of hydrogen-bond acceptors (Lipinski definition) is 3. The van der Waals surface area contributed by atoms with Crippen LogP contribution in [0.15, 0.2) is 54.6 Å². The highest BCUT2D eigenvalue weighted by Crippen LogP contribution is 2.25. The van der Waals surface area contributed by atoms with Crippen molar-refractivity contribution in [2.75, 3.05) is 6.61 Å². The van der Waals surface area contributed by atoms with Crippen LogP contribution in [0.5, 0.6) is 5.75 Å². The first-order chi connectivity index (χ1) is 15.8. The molecule has 1 aromatic heterocycles. The molecule has 33 heavy (non-hydrogen) atoms. The van der Waals surface area contributed by atoms with Crippen LogP contribution in [-0.2, 0) is 17.9 Å². The minimum Gasteiger partial charge on any atom is -0.484 e. The third-order valence-electron chi connectivity index (χ3n) is 6.20. The SMILES string of the molecule is Cc1cc(C)c(C)c(Cn2c(CNC(=O)COc3ccc(Cl)cc3)nc3ccccc32)c1C. The molecule has 4 rings (SSSR count). The van der Waals surface area contributed by atoms with Gasteiger partial charge in [-0.2, -0.15) is 0 Å². The maximum atomic E-state index is 12.4. The largest absolute Gasteiger partial charge is 0.484 e. The number of aryl methyl sites for hydroxylation is 2. The van der Waals surface area contributed by atoms with Crippen molar-refractivity contribution >= 4 is 28.5 Å². The molecule has 3 aromatic carbocycles. The van der Waals surface area contributed by atoms with E-state index in [-0.39, 0.29) is 12.5 Å². The molecule has 5 nitrogen and oxygen atoms in total. The van der Waals surface area contributed by atoms with Gasteiger partial charge in [0.1, 0.15) is 11.6 Å². The number of carbonyl (C=O) groups excluding carboxylic acids is 1. The van der Waals surface area contributed by atoms with Crippen molar-refractivity contribution in [3.63, 3.8) is 0 Å². The summed E-state index contributed by atoms with van der Waals surface area (Å²) in [4.78, 5) is 17.2. The Morgan fingerprint density at radius 2 is 1.67 bits per heavy atom. The predicted molar refractivity (Wildman–Crippen MR) is 133 cm³/mol. The summed E-state index contributed by atoms with van der Waals surface area (Å²) in [6.45, 7) is 9.60. The smallest absolute Gasteiger partial charge is 0.258 e. The van der Waals surface area contributed by atoms with E-state index in [1.165, 1.54) is 27.8 Å². The summed E-state index contributed by atoms with van der Waals surface area (Å²) >= 11 is 5.89. The molecule has 0 radical (unpaired) electrons. The second-order valence-electron chi connectivity index (χ2n) is 8.36. The molecule has 0 aliphatic rings. The third-order valence-corrected chi connectivity index (χ3v) is 6.45.